The van der Waals surface area contributed by atoms with E-state index in [0.29, 0.717) is 22.8 Å². The predicted molar refractivity (Wildman–Crippen MR) is 79.2 cm³/mol. The summed E-state index contributed by atoms with van der Waals surface area (Å²) in [6.45, 7) is 0.386. The largest absolute Gasteiger partial charge is 0.488 e. The van der Waals surface area contributed by atoms with E-state index in [-0.39, 0.29) is 0 Å². The molecule has 0 unspecified atom stereocenters. The summed E-state index contributed by atoms with van der Waals surface area (Å²) < 4.78 is 11.0. The molecule has 0 aliphatic heterocycles. The first kappa shape index (κ1) is 14.2. The highest BCUT2D eigenvalue weighted by Gasteiger charge is 2.09. The zero-order valence-electron chi connectivity index (χ0n) is 10.4. The third kappa shape index (κ3) is 3.39. The molecule has 0 saturated carbocycles. The van der Waals surface area contributed by atoms with Gasteiger partial charge in [0.25, 0.3) is 0 Å². The van der Waals surface area contributed by atoms with Gasteiger partial charge in [-0.1, -0.05) is 33.6 Å². The molecule has 0 fully saturated rings. The molecule has 0 N–H and O–H groups in total. The van der Waals surface area contributed by atoms with E-state index >= 15 is 0 Å². The van der Waals surface area contributed by atoms with Crippen molar-refractivity contribution in [1.82, 2.24) is 4.98 Å². The van der Waals surface area contributed by atoms with Crippen LogP contribution in [0.5, 0.6) is 11.6 Å². The predicted octanol–water partition coefficient (Wildman–Crippen LogP) is 4.22. The van der Waals surface area contributed by atoms with Crippen molar-refractivity contribution < 1.29 is 9.47 Å². The number of hydrogen-bond acceptors (Lipinski definition) is 3. The average molecular weight is 343 g/mol. The Morgan fingerprint density at radius 3 is 2.84 bits per heavy atom. The van der Waals surface area contributed by atoms with E-state index in [1.54, 1.807) is 13.3 Å². The maximum Gasteiger partial charge on any atom is 0.219 e. The van der Waals surface area contributed by atoms with E-state index in [0.717, 1.165) is 16.9 Å². The van der Waals surface area contributed by atoms with Gasteiger partial charge in [-0.25, -0.2) is 4.98 Å². The van der Waals surface area contributed by atoms with Gasteiger partial charge >= 0.3 is 0 Å². The molecule has 2 rings (SSSR count). The zero-order valence-corrected chi connectivity index (χ0v) is 12.7. The number of hydrogen-bond donors (Lipinski definition) is 0. The molecule has 0 spiro atoms. The summed E-state index contributed by atoms with van der Waals surface area (Å²) in [6, 6.07) is 9.38. The molecule has 0 atom stereocenters. The Morgan fingerprint density at radius 1 is 1.26 bits per heavy atom. The minimum atomic E-state index is 0.386. The van der Waals surface area contributed by atoms with Gasteiger partial charge in [-0.2, -0.15) is 0 Å². The molecule has 0 saturated heterocycles. The summed E-state index contributed by atoms with van der Waals surface area (Å²) in [5.74, 6) is 1.33. The Bertz CT molecular complexity index is 563. The lowest BCUT2D eigenvalue weighted by molar-refractivity contribution is 0.292. The van der Waals surface area contributed by atoms with E-state index in [2.05, 4.69) is 20.9 Å². The van der Waals surface area contributed by atoms with Gasteiger partial charge in [0.15, 0.2) is 0 Å². The van der Waals surface area contributed by atoms with Gasteiger partial charge in [-0.15, -0.1) is 0 Å². The Morgan fingerprint density at radius 2 is 2.11 bits per heavy atom. The summed E-state index contributed by atoms with van der Waals surface area (Å²) in [7, 11) is 1.59. The molecule has 0 aliphatic carbocycles. The molecule has 100 valence electrons. The number of pyridine rings is 1. The maximum absolute atomic E-state index is 6.12. The molecule has 0 aliphatic rings. The number of methoxy groups -OCH3 is 1. The van der Waals surface area contributed by atoms with Crippen LogP contribution >= 0.6 is 27.5 Å². The van der Waals surface area contributed by atoms with Crippen LogP contribution in [0, 0.1) is 0 Å². The molecule has 0 bridgehead atoms. The van der Waals surface area contributed by atoms with Crippen LogP contribution in [0.4, 0.5) is 0 Å². The molecule has 5 heteroatoms. The molecule has 1 aromatic heterocycles. The summed E-state index contributed by atoms with van der Waals surface area (Å²) in [5, 5.41) is 1.33. The van der Waals surface area contributed by atoms with Crippen LogP contribution in [0.25, 0.3) is 0 Å². The number of halogens is 2. The monoisotopic (exact) mass is 341 g/mol. The second-order valence-electron chi connectivity index (χ2n) is 3.81. The van der Waals surface area contributed by atoms with Gasteiger partial charge in [-0.05, 0) is 24.3 Å². The van der Waals surface area contributed by atoms with Gasteiger partial charge in [0.1, 0.15) is 12.4 Å². The SMILES string of the molecule is COc1ncccc1COc1cccc(Cl)c1CBr. The maximum atomic E-state index is 6.12. The van der Waals surface area contributed by atoms with Gasteiger partial charge in [0, 0.05) is 22.1 Å². The summed E-state index contributed by atoms with van der Waals surface area (Å²) in [5.41, 5.74) is 1.83. The molecule has 19 heavy (non-hydrogen) atoms. The highest BCUT2D eigenvalue weighted by atomic mass is 79.9. The van der Waals surface area contributed by atoms with Crippen LogP contribution < -0.4 is 9.47 Å². The topological polar surface area (TPSA) is 31.4 Å². The third-order valence-corrected chi connectivity index (χ3v) is 3.55. The van der Waals surface area contributed by atoms with Crippen molar-refractivity contribution >= 4 is 27.5 Å². The van der Waals surface area contributed by atoms with Gasteiger partial charge in [-0.3, -0.25) is 0 Å². The summed E-state index contributed by atoms with van der Waals surface area (Å²) in [6.07, 6.45) is 1.69. The van der Waals surface area contributed by atoms with E-state index in [1.807, 2.05) is 30.3 Å². The molecule has 1 heterocycles. The Balaban J connectivity index is 2.17. The average Bonchev–Trinajstić information content (AvgIpc) is 2.45. The lowest BCUT2D eigenvalue weighted by atomic mass is 10.2. The normalized spacial score (nSPS) is 10.3. The van der Waals surface area contributed by atoms with E-state index < -0.39 is 0 Å². The van der Waals surface area contributed by atoms with Crippen molar-refractivity contribution in [2.24, 2.45) is 0 Å². The molecule has 0 amide bonds. The fraction of sp³-hybridized carbons (Fsp3) is 0.214. The Kier molecular flexibility index (Phi) is 5.05. The third-order valence-electron chi connectivity index (χ3n) is 2.64. The smallest absolute Gasteiger partial charge is 0.219 e. The Labute approximate surface area is 125 Å². The standard InChI is InChI=1S/C14H13BrClNO2/c1-18-14-10(4-3-7-17-14)9-19-13-6-2-5-12(16)11(13)8-15/h2-7H,8-9H2,1H3. The number of benzene rings is 1. The zero-order chi connectivity index (χ0) is 13.7. The van der Waals surface area contributed by atoms with Crippen molar-refractivity contribution in [2.75, 3.05) is 7.11 Å². The number of alkyl halides is 1. The minimum Gasteiger partial charge on any atom is -0.488 e. The molecular formula is C14H13BrClNO2. The molecule has 2 aromatic rings. The summed E-state index contributed by atoms with van der Waals surface area (Å²) >= 11 is 9.53. The fourth-order valence-corrected chi connectivity index (χ4v) is 2.65. The first-order valence-electron chi connectivity index (χ1n) is 5.70. The first-order valence-corrected chi connectivity index (χ1v) is 7.20. The van der Waals surface area contributed by atoms with Crippen molar-refractivity contribution in [3.05, 3.63) is 52.7 Å². The van der Waals surface area contributed by atoms with Crippen LogP contribution in [-0.4, -0.2) is 12.1 Å². The van der Waals surface area contributed by atoms with Crippen molar-refractivity contribution in [3.63, 3.8) is 0 Å². The van der Waals surface area contributed by atoms with Gasteiger partial charge in [0.2, 0.25) is 5.88 Å². The number of nitrogens with zero attached hydrogens (tertiary/aromatic N) is 1. The second-order valence-corrected chi connectivity index (χ2v) is 4.78. The van der Waals surface area contributed by atoms with Crippen LogP contribution in [0.15, 0.2) is 36.5 Å². The minimum absolute atomic E-state index is 0.386. The lowest BCUT2D eigenvalue weighted by Gasteiger charge is -2.12. The highest BCUT2D eigenvalue weighted by Crippen LogP contribution is 2.29. The molecule has 0 radical (unpaired) electrons. The number of ether oxygens (including phenoxy) is 2. The highest BCUT2D eigenvalue weighted by molar-refractivity contribution is 9.08. The van der Waals surface area contributed by atoms with Gasteiger partial charge < -0.3 is 9.47 Å². The molecular weight excluding hydrogens is 330 g/mol. The van der Waals surface area contributed by atoms with E-state index in [4.69, 9.17) is 21.1 Å². The molecule has 1 aromatic carbocycles. The number of aromatic nitrogens is 1. The fourth-order valence-electron chi connectivity index (χ4n) is 1.68. The van der Waals surface area contributed by atoms with Crippen molar-refractivity contribution in [3.8, 4) is 11.6 Å². The van der Waals surface area contributed by atoms with Crippen LogP contribution in [0.3, 0.4) is 0 Å². The first-order chi connectivity index (χ1) is 9.26. The number of rotatable bonds is 5. The van der Waals surface area contributed by atoms with Crippen molar-refractivity contribution in [1.29, 1.82) is 0 Å². The quantitative estimate of drug-likeness (QED) is 0.763. The van der Waals surface area contributed by atoms with E-state index in [1.165, 1.54) is 0 Å². The van der Waals surface area contributed by atoms with Crippen LogP contribution in [-0.2, 0) is 11.9 Å². The van der Waals surface area contributed by atoms with Crippen molar-refractivity contribution in [2.45, 2.75) is 11.9 Å². The Hall–Kier alpha value is -1.26. The van der Waals surface area contributed by atoms with Crippen LogP contribution in [0.1, 0.15) is 11.1 Å². The van der Waals surface area contributed by atoms with Gasteiger partial charge in [0.05, 0.1) is 12.7 Å². The molecule has 3 nitrogen and oxygen atoms in total. The van der Waals surface area contributed by atoms with Crippen LogP contribution in [0.2, 0.25) is 5.02 Å². The summed E-state index contributed by atoms with van der Waals surface area (Å²) in [4.78, 5) is 4.13. The lowest BCUT2D eigenvalue weighted by Crippen LogP contribution is -2.01. The second kappa shape index (κ2) is 6.78. The van der Waals surface area contributed by atoms with E-state index in [9.17, 15) is 0 Å².